The fourth-order valence-corrected chi connectivity index (χ4v) is 4.79. The molecule has 1 aromatic rings. The van der Waals surface area contributed by atoms with E-state index in [0.717, 1.165) is 22.9 Å². The van der Waals surface area contributed by atoms with Gasteiger partial charge in [-0.25, -0.2) is 8.42 Å². The summed E-state index contributed by atoms with van der Waals surface area (Å²) in [6.07, 6.45) is 5.75. The maximum absolute atomic E-state index is 12.3. The Morgan fingerprint density at radius 3 is 2.48 bits per heavy atom. The van der Waals surface area contributed by atoms with E-state index < -0.39 is 10.0 Å². The Bertz CT molecular complexity index is 690. The third-order valence-electron chi connectivity index (χ3n) is 4.89. The molecule has 0 heterocycles. The van der Waals surface area contributed by atoms with Crippen LogP contribution in [-0.4, -0.2) is 33.2 Å². The molecule has 126 valence electrons. The summed E-state index contributed by atoms with van der Waals surface area (Å²) in [6, 6.07) is 6.64. The molecule has 1 aromatic carbocycles. The summed E-state index contributed by atoms with van der Waals surface area (Å²) in [5.74, 6) is 1.04. The second kappa shape index (κ2) is 6.32. The number of halogens is 1. The average Bonchev–Trinajstić information content (AvgIpc) is 3.07. The normalized spacial score (nSPS) is 26.3. The minimum Gasteiger partial charge on any atom is -0.352 e. The van der Waals surface area contributed by atoms with Crippen LogP contribution >= 0.6 is 11.6 Å². The van der Waals surface area contributed by atoms with Crippen molar-refractivity contribution in [3.63, 3.8) is 0 Å². The molecular weight excluding hydrogens is 336 g/mol. The van der Waals surface area contributed by atoms with Gasteiger partial charge in [-0.1, -0.05) is 18.0 Å². The van der Waals surface area contributed by atoms with Crippen molar-refractivity contribution < 1.29 is 13.2 Å². The smallest absolute Gasteiger partial charge is 0.241 e. The highest BCUT2D eigenvalue weighted by atomic mass is 35.5. The fraction of sp³-hybridized carbons (Fsp3) is 0.562. The zero-order valence-electron chi connectivity index (χ0n) is 13.0. The van der Waals surface area contributed by atoms with Gasteiger partial charge in [-0.2, -0.15) is 0 Å². The number of fused-ring (bicyclic) bond motifs is 2. The number of nitrogens with one attached hydrogen (secondary N) is 1. The predicted octanol–water partition coefficient (Wildman–Crippen LogP) is 2.41. The third-order valence-corrected chi connectivity index (χ3v) is 6.28. The second-order valence-corrected chi connectivity index (χ2v) is 8.94. The summed E-state index contributed by atoms with van der Waals surface area (Å²) in [6.45, 7) is -0.200. The van der Waals surface area contributed by atoms with Crippen molar-refractivity contribution in [2.45, 2.75) is 31.7 Å². The number of amides is 1. The number of rotatable bonds is 5. The zero-order chi connectivity index (χ0) is 16.6. The van der Waals surface area contributed by atoms with Crippen molar-refractivity contribution in [1.82, 2.24) is 5.32 Å². The van der Waals surface area contributed by atoms with Gasteiger partial charge in [-0.3, -0.25) is 9.10 Å². The Kier molecular flexibility index (Phi) is 4.56. The standard InChI is InChI=1S/C16H21ClN2O3S/c1-23(21,22)19(14-6-4-13(17)5-7-14)10-16(20)18-15-9-11-2-3-12(15)8-11/h4-7,11-12,15H,2-3,8-10H2,1H3,(H,18,20)/t11-,12+,15+/m0/s1. The highest BCUT2D eigenvalue weighted by molar-refractivity contribution is 7.92. The summed E-state index contributed by atoms with van der Waals surface area (Å²) < 4.78 is 25.2. The minimum atomic E-state index is -3.54. The topological polar surface area (TPSA) is 66.5 Å². The first-order valence-corrected chi connectivity index (χ1v) is 10.1. The maximum atomic E-state index is 12.3. The fourth-order valence-electron chi connectivity index (χ4n) is 3.81. The van der Waals surface area contributed by atoms with E-state index in [0.29, 0.717) is 16.6 Å². The van der Waals surface area contributed by atoms with Crippen LogP contribution in [0.3, 0.4) is 0 Å². The van der Waals surface area contributed by atoms with Gasteiger partial charge in [0.25, 0.3) is 0 Å². The Hall–Kier alpha value is -1.27. The van der Waals surface area contributed by atoms with Crippen LogP contribution in [0.15, 0.2) is 24.3 Å². The quantitative estimate of drug-likeness (QED) is 0.881. The van der Waals surface area contributed by atoms with Gasteiger partial charge in [0.15, 0.2) is 0 Å². The van der Waals surface area contributed by atoms with E-state index in [9.17, 15) is 13.2 Å². The molecule has 2 bridgehead atoms. The number of sulfonamides is 1. The van der Waals surface area contributed by atoms with Crippen LogP contribution in [0, 0.1) is 11.8 Å². The van der Waals surface area contributed by atoms with E-state index in [-0.39, 0.29) is 18.5 Å². The lowest BCUT2D eigenvalue weighted by atomic mass is 9.95. The van der Waals surface area contributed by atoms with Gasteiger partial charge in [-0.15, -0.1) is 0 Å². The summed E-state index contributed by atoms with van der Waals surface area (Å²) in [5, 5.41) is 3.54. The first kappa shape index (κ1) is 16.6. The van der Waals surface area contributed by atoms with E-state index in [4.69, 9.17) is 11.6 Å². The van der Waals surface area contributed by atoms with Crippen molar-refractivity contribution in [2.24, 2.45) is 11.8 Å². The van der Waals surface area contributed by atoms with Crippen molar-refractivity contribution in [1.29, 1.82) is 0 Å². The zero-order valence-corrected chi connectivity index (χ0v) is 14.6. The van der Waals surface area contributed by atoms with Crippen molar-refractivity contribution in [3.05, 3.63) is 29.3 Å². The summed E-state index contributed by atoms with van der Waals surface area (Å²) in [5.41, 5.74) is 0.444. The monoisotopic (exact) mass is 356 g/mol. The van der Waals surface area contributed by atoms with Gasteiger partial charge in [-0.05, 0) is 55.4 Å². The van der Waals surface area contributed by atoms with E-state index >= 15 is 0 Å². The van der Waals surface area contributed by atoms with Crippen LogP contribution in [0.1, 0.15) is 25.7 Å². The van der Waals surface area contributed by atoms with Gasteiger partial charge in [0.1, 0.15) is 6.54 Å². The van der Waals surface area contributed by atoms with E-state index in [1.807, 2.05) is 0 Å². The van der Waals surface area contributed by atoms with Gasteiger partial charge in [0.2, 0.25) is 15.9 Å². The molecule has 0 radical (unpaired) electrons. The molecule has 0 unspecified atom stereocenters. The minimum absolute atomic E-state index is 0.200. The van der Waals surface area contributed by atoms with Crippen molar-refractivity contribution in [3.8, 4) is 0 Å². The molecule has 1 amide bonds. The molecule has 7 heteroatoms. The lowest BCUT2D eigenvalue weighted by Gasteiger charge is -2.26. The largest absolute Gasteiger partial charge is 0.352 e. The van der Waals surface area contributed by atoms with E-state index in [2.05, 4.69) is 5.32 Å². The molecule has 0 aromatic heterocycles. The lowest BCUT2D eigenvalue weighted by molar-refractivity contribution is -0.120. The van der Waals surface area contributed by atoms with Gasteiger partial charge >= 0.3 is 0 Å². The molecule has 3 atom stereocenters. The first-order chi connectivity index (χ1) is 10.8. The van der Waals surface area contributed by atoms with Crippen LogP contribution in [0.4, 0.5) is 5.69 Å². The van der Waals surface area contributed by atoms with Crippen LogP contribution in [-0.2, 0) is 14.8 Å². The molecule has 0 saturated heterocycles. The van der Waals surface area contributed by atoms with E-state index in [1.54, 1.807) is 24.3 Å². The van der Waals surface area contributed by atoms with E-state index in [1.165, 1.54) is 19.3 Å². The third kappa shape index (κ3) is 3.80. The molecule has 2 fully saturated rings. The number of hydrogen-bond donors (Lipinski definition) is 1. The Labute approximate surface area is 142 Å². The first-order valence-electron chi connectivity index (χ1n) is 7.85. The number of anilines is 1. The van der Waals surface area contributed by atoms with Gasteiger partial charge in [0, 0.05) is 11.1 Å². The molecule has 2 aliphatic carbocycles. The number of nitrogens with zero attached hydrogens (tertiary/aromatic N) is 1. The molecule has 3 rings (SSSR count). The van der Waals surface area contributed by atoms with Gasteiger partial charge in [0.05, 0.1) is 11.9 Å². The summed E-state index contributed by atoms with van der Waals surface area (Å²) >= 11 is 5.84. The SMILES string of the molecule is CS(=O)(=O)N(CC(=O)N[C@@H]1C[C@H]2CC[C@@H]1C2)c1ccc(Cl)cc1. The Balaban J connectivity index is 1.69. The number of benzene rings is 1. The predicted molar refractivity (Wildman–Crippen MR) is 91.0 cm³/mol. The highest BCUT2D eigenvalue weighted by Gasteiger charge is 2.40. The number of carbonyl (C=O) groups excluding carboxylic acids is 1. The molecule has 0 aliphatic heterocycles. The molecule has 0 spiro atoms. The summed E-state index contributed by atoms with van der Waals surface area (Å²) in [4.78, 5) is 12.3. The Morgan fingerprint density at radius 1 is 1.26 bits per heavy atom. The van der Waals surface area contributed by atoms with Gasteiger partial charge < -0.3 is 5.32 Å². The van der Waals surface area contributed by atoms with Crippen LogP contribution in [0.5, 0.6) is 0 Å². The Morgan fingerprint density at radius 2 is 1.96 bits per heavy atom. The van der Waals surface area contributed by atoms with Crippen molar-refractivity contribution in [2.75, 3.05) is 17.1 Å². The summed E-state index contributed by atoms with van der Waals surface area (Å²) in [7, 11) is -3.54. The van der Waals surface area contributed by atoms with Crippen LogP contribution < -0.4 is 9.62 Å². The number of carbonyl (C=O) groups is 1. The molecule has 1 N–H and O–H groups in total. The second-order valence-electron chi connectivity index (χ2n) is 6.59. The number of hydrogen-bond acceptors (Lipinski definition) is 3. The van der Waals surface area contributed by atoms with Crippen LogP contribution in [0.25, 0.3) is 0 Å². The molecule has 23 heavy (non-hydrogen) atoms. The van der Waals surface area contributed by atoms with Crippen LogP contribution in [0.2, 0.25) is 5.02 Å². The maximum Gasteiger partial charge on any atom is 0.241 e. The lowest BCUT2D eigenvalue weighted by Crippen LogP contribution is -2.45. The molecule has 2 aliphatic rings. The van der Waals surface area contributed by atoms with Crippen molar-refractivity contribution >= 4 is 33.2 Å². The molecule has 2 saturated carbocycles. The molecule has 5 nitrogen and oxygen atoms in total. The highest BCUT2D eigenvalue weighted by Crippen LogP contribution is 2.44. The molecular formula is C16H21ClN2O3S. The average molecular weight is 357 g/mol.